The van der Waals surface area contributed by atoms with Crippen molar-refractivity contribution in [3.63, 3.8) is 0 Å². The summed E-state index contributed by atoms with van der Waals surface area (Å²) < 4.78 is 5.52. The van der Waals surface area contributed by atoms with E-state index in [9.17, 15) is 10.1 Å². The second kappa shape index (κ2) is 7.83. The molecule has 1 rings (SSSR count). The second-order valence-electron chi connectivity index (χ2n) is 5.58. The molecule has 0 fully saturated rings. The fourth-order valence-electron chi connectivity index (χ4n) is 1.83. The molecule has 0 aromatic heterocycles. The van der Waals surface area contributed by atoms with E-state index >= 15 is 0 Å². The van der Waals surface area contributed by atoms with Crippen molar-refractivity contribution in [1.82, 2.24) is 4.90 Å². The number of hydrogen-bond acceptors (Lipinski definition) is 5. The molecule has 0 radical (unpaired) electrons. The summed E-state index contributed by atoms with van der Waals surface area (Å²) in [6, 6.07) is 5.54. The lowest BCUT2D eigenvalue weighted by molar-refractivity contribution is -0.385. The SMILES string of the molecule is CC(C)Oc1cccc(NCCN(C)C(C)C)c1[N+](=O)[O-]. The number of ether oxygens (including phenoxy) is 1. The van der Waals surface area contributed by atoms with E-state index in [0.717, 1.165) is 6.54 Å². The predicted molar refractivity (Wildman–Crippen MR) is 85.1 cm³/mol. The van der Waals surface area contributed by atoms with Crippen molar-refractivity contribution < 1.29 is 9.66 Å². The lowest BCUT2D eigenvalue weighted by atomic mass is 10.2. The van der Waals surface area contributed by atoms with Crippen LogP contribution in [0.2, 0.25) is 0 Å². The van der Waals surface area contributed by atoms with Gasteiger partial charge < -0.3 is 15.0 Å². The number of nitro benzene ring substituents is 1. The number of hydrogen-bond donors (Lipinski definition) is 1. The molecule has 0 amide bonds. The Kier molecular flexibility index (Phi) is 6.42. The summed E-state index contributed by atoms with van der Waals surface area (Å²) in [7, 11) is 2.03. The molecule has 6 nitrogen and oxygen atoms in total. The van der Waals surface area contributed by atoms with Gasteiger partial charge in [0, 0.05) is 19.1 Å². The fourth-order valence-corrected chi connectivity index (χ4v) is 1.83. The van der Waals surface area contributed by atoms with Crippen molar-refractivity contribution in [3.8, 4) is 5.75 Å². The standard InChI is InChI=1S/C15H25N3O3/c1-11(2)17(5)10-9-16-13-7-6-8-14(21-12(3)4)15(13)18(19)20/h6-8,11-12,16H,9-10H2,1-5H3. The molecule has 1 aromatic carbocycles. The van der Waals surface area contributed by atoms with Gasteiger partial charge in [0.1, 0.15) is 5.69 Å². The number of nitrogens with zero attached hydrogens (tertiary/aromatic N) is 2. The van der Waals surface area contributed by atoms with Gasteiger partial charge in [0.2, 0.25) is 0 Å². The third kappa shape index (κ3) is 5.23. The Balaban J connectivity index is 2.84. The number of anilines is 1. The van der Waals surface area contributed by atoms with E-state index in [-0.39, 0.29) is 11.8 Å². The Bertz CT molecular complexity index is 475. The van der Waals surface area contributed by atoms with Crippen molar-refractivity contribution in [3.05, 3.63) is 28.3 Å². The first-order chi connectivity index (χ1) is 9.82. The van der Waals surface area contributed by atoms with Crippen LogP contribution < -0.4 is 10.1 Å². The van der Waals surface area contributed by atoms with Crippen LogP contribution >= 0.6 is 0 Å². The summed E-state index contributed by atoms with van der Waals surface area (Å²) in [6.07, 6.45) is -0.106. The average molecular weight is 295 g/mol. The van der Waals surface area contributed by atoms with E-state index < -0.39 is 4.92 Å². The van der Waals surface area contributed by atoms with Crippen molar-refractivity contribution in [2.45, 2.75) is 39.8 Å². The predicted octanol–water partition coefficient (Wildman–Crippen LogP) is 3.13. The van der Waals surface area contributed by atoms with Gasteiger partial charge in [-0.1, -0.05) is 6.07 Å². The van der Waals surface area contributed by atoms with E-state index in [2.05, 4.69) is 24.1 Å². The molecule has 118 valence electrons. The summed E-state index contributed by atoms with van der Waals surface area (Å²) in [5, 5.41) is 14.4. The zero-order valence-electron chi connectivity index (χ0n) is 13.4. The number of nitrogens with one attached hydrogen (secondary N) is 1. The molecular formula is C15H25N3O3. The zero-order valence-corrected chi connectivity index (χ0v) is 13.4. The minimum atomic E-state index is -0.397. The van der Waals surface area contributed by atoms with Crippen LogP contribution in [-0.2, 0) is 0 Å². The highest BCUT2D eigenvalue weighted by molar-refractivity contribution is 5.68. The first kappa shape index (κ1) is 17.2. The van der Waals surface area contributed by atoms with Crippen molar-refractivity contribution in [2.75, 3.05) is 25.5 Å². The zero-order chi connectivity index (χ0) is 16.0. The lowest BCUT2D eigenvalue weighted by Gasteiger charge is -2.21. The highest BCUT2D eigenvalue weighted by Crippen LogP contribution is 2.35. The van der Waals surface area contributed by atoms with Gasteiger partial charge in [-0.3, -0.25) is 10.1 Å². The molecule has 0 aliphatic carbocycles. The van der Waals surface area contributed by atoms with Gasteiger partial charge in [-0.25, -0.2) is 0 Å². The van der Waals surface area contributed by atoms with Crippen molar-refractivity contribution in [1.29, 1.82) is 0 Å². The molecular weight excluding hydrogens is 270 g/mol. The molecule has 0 spiro atoms. The van der Waals surface area contributed by atoms with Gasteiger partial charge in [0.25, 0.3) is 0 Å². The third-order valence-electron chi connectivity index (χ3n) is 3.21. The monoisotopic (exact) mass is 295 g/mol. The third-order valence-corrected chi connectivity index (χ3v) is 3.21. The maximum absolute atomic E-state index is 11.3. The molecule has 0 unspecified atom stereocenters. The van der Waals surface area contributed by atoms with Crippen LogP contribution in [-0.4, -0.2) is 42.1 Å². The quantitative estimate of drug-likeness (QED) is 0.589. The van der Waals surface area contributed by atoms with E-state index in [0.29, 0.717) is 24.0 Å². The fraction of sp³-hybridized carbons (Fsp3) is 0.600. The van der Waals surface area contributed by atoms with Crippen LogP contribution in [0.5, 0.6) is 5.75 Å². The highest BCUT2D eigenvalue weighted by Gasteiger charge is 2.21. The number of benzene rings is 1. The van der Waals surface area contributed by atoms with Crippen LogP contribution in [0, 0.1) is 10.1 Å². The van der Waals surface area contributed by atoms with E-state index in [4.69, 9.17) is 4.74 Å². The second-order valence-corrected chi connectivity index (χ2v) is 5.58. The molecule has 0 saturated heterocycles. The van der Waals surface area contributed by atoms with Gasteiger partial charge in [-0.15, -0.1) is 0 Å². The summed E-state index contributed by atoms with van der Waals surface area (Å²) in [6.45, 7) is 9.37. The first-order valence-electron chi connectivity index (χ1n) is 7.21. The van der Waals surface area contributed by atoms with E-state index in [1.54, 1.807) is 18.2 Å². The Labute approximate surface area is 126 Å². The summed E-state index contributed by atoms with van der Waals surface area (Å²) in [5.41, 5.74) is 0.494. The molecule has 1 aromatic rings. The number of likely N-dealkylation sites (N-methyl/N-ethyl adjacent to an activating group) is 1. The Morgan fingerprint density at radius 2 is 2.00 bits per heavy atom. The van der Waals surface area contributed by atoms with E-state index in [1.807, 2.05) is 20.9 Å². The minimum absolute atomic E-state index is 0.00148. The Morgan fingerprint density at radius 1 is 1.33 bits per heavy atom. The van der Waals surface area contributed by atoms with Gasteiger partial charge in [-0.2, -0.15) is 0 Å². The smallest absolute Gasteiger partial charge is 0.333 e. The Morgan fingerprint density at radius 3 is 2.52 bits per heavy atom. The van der Waals surface area contributed by atoms with Gasteiger partial charge in [0.15, 0.2) is 5.75 Å². The van der Waals surface area contributed by atoms with Crippen molar-refractivity contribution in [2.24, 2.45) is 0 Å². The summed E-state index contributed by atoms with van der Waals surface area (Å²) in [5.74, 6) is 0.303. The molecule has 0 aliphatic heterocycles. The molecule has 0 aliphatic rings. The largest absolute Gasteiger partial charge is 0.484 e. The molecule has 0 bridgehead atoms. The van der Waals surface area contributed by atoms with Gasteiger partial charge in [0.05, 0.1) is 11.0 Å². The molecule has 0 saturated carbocycles. The minimum Gasteiger partial charge on any atom is -0.484 e. The Hall–Kier alpha value is -1.82. The number of nitro groups is 1. The highest BCUT2D eigenvalue weighted by atomic mass is 16.6. The molecule has 0 heterocycles. The molecule has 6 heteroatoms. The molecule has 0 atom stereocenters. The van der Waals surface area contributed by atoms with E-state index in [1.165, 1.54) is 0 Å². The maximum Gasteiger partial charge on any atom is 0.333 e. The average Bonchev–Trinajstić information content (AvgIpc) is 2.37. The van der Waals surface area contributed by atoms with Gasteiger partial charge >= 0.3 is 5.69 Å². The van der Waals surface area contributed by atoms with Crippen LogP contribution in [0.3, 0.4) is 0 Å². The van der Waals surface area contributed by atoms with Crippen LogP contribution in [0.4, 0.5) is 11.4 Å². The maximum atomic E-state index is 11.3. The van der Waals surface area contributed by atoms with Crippen molar-refractivity contribution >= 4 is 11.4 Å². The topological polar surface area (TPSA) is 67.6 Å². The molecule has 21 heavy (non-hydrogen) atoms. The summed E-state index contributed by atoms with van der Waals surface area (Å²) >= 11 is 0. The number of rotatable bonds is 8. The van der Waals surface area contributed by atoms with Crippen LogP contribution in [0.1, 0.15) is 27.7 Å². The van der Waals surface area contributed by atoms with Crippen LogP contribution in [0.25, 0.3) is 0 Å². The summed E-state index contributed by atoms with van der Waals surface area (Å²) in [4.78, 5) is 13.1. The van der Waals surface area contributed by atoms with Crippen LogP contribution in [0.15, 0.2) is 18.2 Å². The molecule has 1 N–H and O–H groups in total. The normalized spacial score (nSPS) is 11.2. The lowest BCUT2D eigenvalue weighted by Crippen LogP contribution is -2.31. The first-order valence-corrected chi connectivity index (χ1v) is 7.21. The number of para-hydroxylation sites is 1. The van der Waals surface area contributed by atoms with Gasteiger partial charge in [-0.05, 0) is 46.9 Å².